The molecular weight excluding hydrogens is 934 g/mol. The average molecular weight is 998 g/mol. The number of hydrogen-bond acceptors (Lipinski definition) is 28. The molecule has 5 aliphatic heterocycles. The molecule has 5 saturated heterocycles. The van der Waals surface area contributed by atoms with Gasteiger partial charge in [0.25, 0.3) is 11.7 Å². The van der Waals surface area contributed by atoms with Gasteiger partial charge in [0.15, 0.2) is 25.2 Å². The van der Waals surface area contributed by atoms with E-state index in [0.29, 0.717) is 0 Å². The Morgan fingerprint density at radius 1 is 0.588 bits per heavy atom. The Hall–Kier alpha value is -2.59. The van der Waals surface area contributed by atoms with Crippen LogP contribution in [-0.2, 0) is 57.0 Å². The van der Waals surface area contributed by atoms with Crippen LogP contribution in [0.3, 0.4) is 0 Å². The van der Waals surface area contributed by atoms with Crippen LogP contribution in [0.1, 0.15) is 20.3 Å². The smallest absolute Gasteiger partial charge is 0.277 e. The third-order valence-electron chi connectivity index (χ3n) is 12.1. The van der Waals surface area contributed by atoms with Crippen molar-refractivity contribution in [2.75, 3.05) is 33.0 Å². The quantitative estimate of drug-likeness (QED) is 0.0606. The number of hydrogen-bond donors (Lipinski definition) is 19. The zero-order chi connectivity index (χ0) is 50.7. The van der Waals surface area contributed by atoms with Gasteiger partial charge in [-0.25, -0.2) is 0 Å². The van der Waals surface area contributed by atoms with Crippen molar-refractivity contribution in [3.05, 3.63) is 0 Å². The van der Waals surface area contributed by atoms with Gasteiger partial charge in [0.2, 0.25) is 11.8 Å². The first-order valence-electron chi connectivity index (χ1n) is 21.3. The molecule has 0 aromatic carbocycles. The topological polar surface area (TPSA) is 508 Å². The van der Waals surface area contributed by atoms with E-state index >= 15 is 0 Å². The van der Waals surface area contributed by atoms with E-state index in [-0.39, 0.29) is 0 Å². The lowest BCUT2D eigenvalue weighted by Crippen LogP contribution is -2.73. The molecule has 394 valence electrons. The number of primary amides is 1. The molecule has 0 bridgehead atoms. The molecule has 0 aromatic heterocycles. The Morgan fingerprint density at radius 3 is 1.65 bits per heavy atom. The maximum atomic E-state index is 13.6. The van der Waals surface area contributed by atoms with Crippen LogP contribution in [0.2, 0.25) is 0 Å². The first-order chi connectivity index (χ1) is 32.0. The number of ether oxygens (including phenoxy) is 9. The van der Waals surface area contributed by atoms with Crippen molar-refractivity contribution in [1.82, 2.24) is 10.6 Å². The van der Waals surface area contributed by atoms with Crippen molar-refractivity contribution >= 4 is 17.7 Å². The molecule has 0 radical (unpaired) electrons. The molecule has 0 saturated carbocycles. The first-order valence-corrected chi connectivity index (χ1v) is 21.3. The maximum absolute atomic E-state index is 13.6. The van der Waals surface area contributed by atoms with E-state index in [1.807, 2.05) is 0 Å². The molecule has 26 atom stereocenters. The summed E-state index contributed by atoms with van der Waals surface area (Å²) in [6.45, 7) is -3.33. The molecule has 0 spiro atoms. The van der Waals surface area contributed by atoms with Gasteiger partial charge >= 0.3 is 0 Å². The van der Waals surface area contributed by atoms with Gasteiger partial charge in [-0.2, -0.15) is 0 Å². The summed E-state index contributed by atoms with van der Waals surface area (Å²) in [6.07, 6.45) is -47.6. The summed E-state index contributed by atoms with van der Waals surface area (Å²) in [4.78, 5) is 38.6. The lowest BCUT2D eigenvalue weighted by atomic mass is 9.87. The third kappa shape index (κ3) is 11.8. The minimum absolute atomic E-state index is 0.825. The number of rotatable bonds is 18. The van der Waals surface area contributed by atoms with E-state index in [9.17, 15) is 96.1 Å². The van der Waals surface area contributed by atoms with E-state index in [1.165, 1.54) is 0 Å². The van der Waals surface area contributed by atoms with Gasteiger partial charge in [-0.3, -0.25) is 14.4 Å². The molecule has 0 aromatic rings. The maximum Gasteiger partial charge on any atom is 0.277 e. The predicted octanol–water partition coefficient (Wildman–Crippen LogP) is -13.0. The second-order valence-electron chi connectivity index (χ2n) is 16.9. The highest BCUT2D eigenvalue weighted by Crippen LogP contribution is 2.40. The number of carbonyl (C=O) groups excluding carboxylic acids is 3. The van der Waals surface area contributed by atoms with Gasteiger partial charge in [0.05, 0.1) is 45.2 Å². The van der Waals surface area contributed by atoms with Crippen molar-refractivity contribution in [3.63, 3.8) is 0 Å². The fourth-order valence-corrected chi connectivity index (χ4v) is 8.56. The lowest BCUT2D eigenvalue weighted by molar-refractivity contribution is -0.401. The van der Waals surface area contributed by atoms with Crippen LogP contribution in [0.4, 0.5) is 0 Å². The summed E-state index contributed by atoms with van der Waals surface area (Å²) in [5.41, 5.74) is 5.82. The van der Waals surface area contributed by atoms with Crippen LogP contribution in [0, 0.1) is 0 Å². The monoisotopic (exact) mass is 997 g/mol. The van der Waals surface area contributed by atoms with Gasteiger partial charge in [0.1, 0.15) is 116 Å². The van der Waals surface area contributed by atoms with Crippen LogP contribution in [0.25, 0.3) is 0 Å². The fraction of sp³-hybridized carbons (Fsp3) is 0.919. The van der Waals surface area contributed by atoms with E-state index < -0.39 is 216 Å². The van der Waals surface area contributed by atoms with Crippen LogP contribution in [0.15, 0.2) is 0 Å². The molecule has 1 unspecified atom stereocenters. The standard InChI is InChI=1S/C37H63N3O28/c1-9(46)39-17-11(48)3-37(36(38)59,67-30(17)19(50)12(49)4-41)68-31-26(57)35(64-27-15(7-44)60-32(58)24(55)23(27)54)63-16(8-45)28(31)65-33-18(40-10(2)47)29(21(52)14(6-43)61-33)66-34-25(56)22(53)20(51)13(5-42)62-34/h11-35,41-45,48-58H,3-8H2,1-2H3,(H2,38,59)(H,39,46)(H,40,47)/t11-,12+,13+,14+,15+,16+,17+,18+,19+,20-,21-,22-,23+,24+,25+,26+,27+,28-,29+,30+,31+,32?,33-,34-,35-,37-/m0/s1. The fourth-order valence-electron chi connectivity index (χ4n) is 8.56. The largest absolute Gasteiger partial charge is 0.394 e. The van der Waals surface area contributed by atoms with Gasteiger partial charge in [-0.1, -0.05) is 0 Å². The lowest BCUT2D eigenvalue weighted by Gasteiger charge is -2.53. The Kier molecular flexibility index (Phi) is 19.7. The summed E-state index contributed by atoms with van der Waals surface area (Å²) in [7, 11) is 0. The summed E-state index contributed by atoms with van der Waals surface area (Å²) >= 11 is 0. The van der Waals surface area contributed by atoms with Crippen molar-refractivity contribution in [2.24, 2.45) is 5.73 Å². The van der Waals surface area contributed by atoms with E-state index in [2.05, 4.69) is 10.6 Å². The number of aliphatic hydroxyl groups excluding tert-OH is 16. The van der Waals surface area contributed by atoms with Crippen LogP contribution >= 0.6 is 0 Å². The molecule has 31 heteroatoms. The predicted molar refractivity (Wildman–Crippen MR) is 208 cm³/mol. The van der Waals surface area contributed by atoms with Gasteiger partial charge in [-0.15, -0.1) is 0 Å². The molecule has 20 N–H and O–H groups in total. The Bertz CT molecular complexity index is 1660. The molecule has 68 heavy (non-hydrogen) atoms. The molecule has 5 rings (SSSR count). The SMILES string of the molecule is CC(=O)N[C@H]1[C@H](O[C@@H]2[C@H](O[C@]3(C(N)=O)C[C@H](O)[C@@H](NC(C)=O)[C@H]([C@H](O)[C@H](O)CO)O3)[C@@H](O)[C@H](O[C@H]3[C@H](O)[C@@H](O)C(O)O[C@@H]3CO)O[C@@H]2CO)O[C@H](CO)[C@H](O)[C@@H]1O[C@@H]1O[C@H](CO)[C@H](O)[C@H](O)[C@H]1O. The highest BCUT2D eigenvalue weighted by atomic mass is 16.8. The summed E-state index contributed by atoms with van der Waals surface area (Å²) in [5, 5.41) is 175. The molecule has 31 nitrogen and oxygen atoms in total. The van der Waals surface area contributed by atoms with Crippen molar-refractivity contribution in [1.29, 1.82) is 0 Å². The Labute approximate surface area is 385 Å². The minimum atomic E-state index is -3.10. The van der Waals surface area contributed by atoms with E-state index in [0.717, 1.165) is 13.8 Å². The van der Waals surface area contributed by atoms with Gasteiger partial charge < -0.3 is 141 Å². The Morgan fingerprint density at radius 2 is 1.09 bits per heavy atom. The zero-order valence-corrected chi connectivity index (χ0v) is 36.3. The third-order valence-corrected chi connectivity index (χ3v) is 12.1. The van der Waals surface area contributed by atoms with Crippen LogP contribution in [0.5, 0.6) is 0 Å². The molecular formula is C37H63N3O28. The second-order valence-corrected chi connectivity index (χ2v) is 16.9. The second kappa shape index (κ2) is 23.8. The van der Waals surface area contributed by atoms with Gasteiger partial charge in [-0.05, 0) is 0 Å². The zero-order valence-electron chi connectivity index (χ0n) is 36.3. The van der Waals surface area contributed by atoms with E-state index in [4.69, 9.17) is 48.4 Å². The molecule has 5 aliphatic rings. The number of nitrogens with two attached hydrogens (primary N) is 1. The highest BCUT2D eigenvalue weighted by molar-refractivity contribution is 5.82. The van der Waals surface area contributed by atoms with Gasteiger partial charge in [0, 0.05) is 20.3 Å². The molecule has 0 aliphatic carbocycles. The first kappa shape index (κ1) is 56.3. The van der Waals surface area contributed by atoms with Crippen LogP contribution < -0.4 is 16.4 Å². The summed E-state index contributed by atoms with van der Waals surface area (Å²) < 4.78 is 52.0. The van der Waals surface area contributed by atoms with Crippen molar-refractivity contribution < 1.29 is 139 Å². The molecule has 5 fully saturated rings. The highest BCUT2D eigenvalue weighted by Gasteiger charge is 2.61. The Balaban J connectivity index is 1.61. The normalized spacial score (nSPS) is 46.6. The number of nitrogens with one attached hydrogen (secondary N) is 2. The number of carbonyl (C=O) groups is 3. The van der Waals surface area contributed by atoms with Crippen molar-refractivity contribution in [3.8, 4) is 0 Å². The number of aliphatic hydroxyl groups is 16. The number of amides is 3. The molecule has 5 heterocycles. The van der Waals surface area contributed by atoms with Crippen molar-refractivity contribution in [2.45, 2.75) is 179 Å². The minimum Gasteiger partial charge on any atom is -0.394 e. The van der Waals surface area contributed by atoms with E-state index in [1.54, 1.807) is 0 Å². The van der Waals surface area contributed by atoms with Crippen LogP contribution in [-0.4, -0.2) is 291 Å². The molecule has 3 amide bonds. The average Bonchev–Trinajstić information content (AvgIpc) is 3.29. The summed E-state index contributed by atoms with van der Waals surface area (Å²) in [6, 6.07) is -3.51. The summed E-state index contributed by atoms with van der Waals surface area (Å²) in [5.74, 6) is -6.47.